The molecule has 0 aromatic rings. The lowest BCUT2D eigenvalue weighted by molar-refractivity contribution is 0.517. The van der Waals surface area contributed by atoms with Crippen molar-refractivity contribution in [2.24, 2.45) is 0 Å². The molecule has 1 aliphatic rings. The molecule has 1 saturated carbocycles. The minimum atomic E-state index is 0.980. The second-order valence-corrected chi connectivity index (χ2v) is 5.29. The third-order valence-electron chi connectivity index (χ3n) is 1.78. The largest absolute Gasteiger partial charge is 0.0973 e. The summed E-state index contributed by atoms with van der Waals surface area (Å²) < 4.78 is 0. The van der Waals surface area contributed by atoms with E-state index in [1.165, 1.54) is 32.1 Å². The van der Waals surface area contributed by atoms with Crippen LogP contribution in [0.4, 0.5) is 0 Å². The topological polar surface area (TPSA) is 0 Å². The van der Waals surface area contributed by atoms with E-state index in [-0.39, 0.29) is 0 Å². The standard InChI is InChI=1S/C7H14S2/c1-8-9-7-5-3-2-4-6-7/h7H,2-6H2,1H3. The van der Waals surface area contributed by atoms with Gasteiger partial charge in [0.05, 0.1) is 0 Å². The number of hydrogen-bond acceptors (Lipinski definition) is 2. The van der Waals surface area contributed by atoms with Crippen molar-refractivity contribution in [1.82, 2.24) is 0 Å². The molecule has 0 heterocycles. The lowest BCUT2D eigenvalue weighted by atomic mass is 10.0. The van der Waals surface area contributed by atoms with Crippen LogP contribution in [0.1, 0.15) is 32.1 Å². The van der Waals surface area contributed by atoms with Crippen LogP contribution in [-0.2, 0) is 0 Å². The van der Waals surface area contributed by atoms with Crippen molar-refractivity contribution >= 4 is 21.6 Å². The van der Waals surface area contributed by atoms with E-state index in [4.69, 9.17) is 0 Å². The molecule has 0 bridgehead atoms. The Bertz CT molecular complexity index is 64.6. The normalized spacial score (nSPS) is 22.3. The van der Waals surface area contributed by atoms with Gasteiger partial charge in [-0.1, -0.05) is 40.9 Å². The fourth-order valence-corrected chi connectivity index (χ4v) is 3.49. The first kappa shape index (κ1) is 7.80. The molecule has 0 aromatic heterocycles. The third kappa shape index (κ3) is 2.85. The Hall–Kier alpha value is 0.700. The van der Waals surface area contributed by atoms with E-state index in [9.17, 15) is 0 Å². The Morgan fingerprint density at radius 2 is 1.78 bits per heavy atom. The van der Waals surface area contributed by atoms with Gasteiger partial charge in [-0.25, -0.2) is 0 Å². The van der Waals surface area contributed by atoms with Crippen LogP contribution in [0.25, 0.3) is 0 Å². The van der Waals surface area contributed by atoms with Gasteiger partial charge in [0, 0.05) is 5.25 Å². The first-order valence-electron chi connectivity index (χ1n) is 3.63. The average molecular weight is 162 g/mol. The molecule has 2 heteroatoms. The minimum absolute atomic E-state index is 0.980. The van der Waals surface area contributed by atoms with E-state index < -0.39 is 0 Å². The van der Waals surface area contributed by atoms with E-state index in [0.29, 0.717) is 0 Å². The molecular weight excluding hydrogens is 148 g/mol. The smallest absolute Gasteiger partial charge is 0.0151 e. The summed E-state index contributed by atoms with van der Waals surface area (Å²) in [4.78, 5) is 0. The van der Waals surface area contributed by atoms with Crippen LogP contribution in [0.2, 0.25) is 0 Å². The Kier molecular flexibility index (Phi) is 3.91. The second-order valence-electron chi connectivity index (χ2n) is 2.52. The molecule has 0 amide bonds. The Labute approximate surface area is 65.6 Å². The van der Waals surface area contributed by atoms with Gasteiger partial charge in [0.25, 0.3) is 0 Å². The first-order valence-corrected chi connectivity index (χ1v) is 6.25. The molecule has 0 aliphatic heterocycles. The summed E-state index contributed by atoms with van der Waals surface area (Å²) in [6.07, 6.45) is 9.53. The van der Waals surface area contributed by atoms with Crippen LogP contribution in [0.5, 0.6) is 0 Å². The number of rotatable bonds is 2. The van der Waals surface area contributed by atoms with Crippen molar-refractivity contribution < 1.29 is 0 Å². The molecule has 0 radical (unpaired) electrons. The zero-order chi connectivity index (χ0) is 6.53. The molecule has 1 rings (SSSR count). The molecule has 0 aromatic carbocycles. The van der Waals surface area contributed by atoms with Crippen LogP contribution in [0.15, 0.2) is 0 Å². The van der Waals surface area contributed by atoms with E-state index >= 15 is 0 Å². The monoisotopic (exact) mass is 162 g/mol. The highest BCUT2D eigenvalue weighted by Gasteiger charge is 2.12. The van der Waals surface area contributed by atoms with Gasteiger partial charge < -0.3 is 0 Å². The highest BCUT2D eigenvalue weighted by atomic mass is 33.1. The lowest BCUT2D eigenvalue weighted by Gasteiger charge is -2.19. The predicted octanol–water partition coefficient (Wildman–Crippen LogP) is 3.33. The fourth-order valence-electron chi connectivity index (χ4n) is 1.30. The molecule has 0 nitrogen and oxygen atoms in total. The highest BCUT2D eigenvalue weighted by Crippen LogP contribution is 2.33. The maximum absolute atomic E-state index is 2.18. The molecule has 54 valence electrons. The van der Waals surface area contributed by atoms with Crippen molar-refractivity contribution in [3.8, 4) is 0 Å². The Morgan fingerprint density at radius 1 is 1.11 bits per heavy atom. The van der Waals surface area contributed by atoms with E-state index in [1.807, 2.05) is 10.8 Å². The van der Waals surface area contributed by atoms with E-state index in [0.717, 1.165) is 5.25 Å². The Morgan fingerprint density at radius 3 is 2.33 bits per heavy atom. The average Bonchev–Trinajstić information content (AvgIpc) is 1.91. The highest BCUT2D eigenvalue weighted by molar-refractivity contribution is 8.76. The minimum Gasteiger partial charge on any atom is -0.0973 e. The van der Waals surface area contributed by atoms with Crippen LogP contribution in [0, 0.1) is 0 Å². The third-order valence-corrected chi connectivity index (χ3v) is 4.11. The zero-order valence-electron chi connectivity index (χ0n) is 5.93. The maximum atomic E-state index is 2.18. The summed E-state index contributed by atoms with van der Waals surface area (Å²) in [6.45, 7) is 0. The van der Waals surface area contributed by atoms with Gasteiger partial charge in [-0.05, 0) is 19.1 Å². The summed E-state index contributed by atoms with van der Waals surface area (Å²) >= 11 is 0. The molecule has 0 spiro atoms. The summed E-state index contributed by atoms with van der Waals surface area (Å²) in [5.74, 6) is 0. The molecule has 0 N–H and O–H groups in total. The summed E-state index contributed by atoms with van der Waals surface area (Å²) in [6, 6.07) is 0. The van der Waals surface area contributed by atoms with Gasteiger partial charge >= 0.3 is 0 Å². The van der Waals surface area contributed by atoms with Gasteiger partial charge in [-0.2, -0.15) is 0 Å². The van der Waals surface area contributed by atoms with Crippen molar-refractivity contribution in [2.45, 2.75) is 37.4 Å². The van der Waals surface area contributed by atoms with Crippen molar-refractivity contribution in [3.63, 3.8) is 0 Å². The first-order chi connectivity index (χ1) is 4.43. The fraction of sp³-hybridized carbons (Fsp3) is 1.00. The number of hydrogen-bond donors (Lipinski definition) is 0. The van der Waals surface area contributed by atoms with Crippen molar-refractivity contribution in [2.75, 3.05) is 6.26 Å². The molecular formula is C7H14S2. The molecule has 0 atom stereocenters. The van der Waals surface area contributed by atoms with E-state index in [2.05, 4.69) is 17.0 Å². The van der Waals surface area contributed by atoms with Crippen LogP contribution < -0.4 is 0 Å². The van der Waals surface area contributed by atoms with Crippen LogP contribution >= 0.6 is 21.6 Å². The quantitative estimate of drug-likeness (QED) is 0.571. The summed E-state index contributed by atoms with van der Waals surface area (Å²) in [5, 5.41) is 0.980. The van der Waals surface area contributed by atoms with Crippen molar-refractivity contribution in [1.29, 1.82) is 0 Å². The molecule has 0 unspecified atom stereocenters. The lowest BCUT2D eigenvalue weighted by Crippen LogP contribution is -2.05. The summed E-state index contributed by atoms with van der Waals surface area (Å²) in [7, 11) is 3.99. The van der Waals surface area contributed by atoms with Crippen LogP contribution in [-0.4, -0.2) is 11.5 Å². The van der Waals surface area contributed by atoms with Crippen LogP contribution in [0.3, 0.4) is 0 Å². The molecule has 1 fully saturated rings. The van der Waals surface area contributed by atoms with Gasteiger partial charge in [-0.15, -0.1) is 0 Å². The summed E-state index contributed by atoms with van der Waals surface area (Å²) in [5.41, 5.74) is 0. The van der Waals surface area contributed by atoms with Gasteiger partial charge in [-0.3, -0.25) is 0 Å². The van der Waals surface area contributed by atoms with Gasteiger partial charge in [0.15, 0.2) is 0 Å². The molecule has 9 heavy (non-hydrogen) atoms. The maximum Gasteiger partial charge on any atom is 0.0151 e. The second kappa shape index (κ2) is 4.51. The van der Waals surface area contributed by atoms with Crippen molar-refractivity contribution in [3.05, 3.63) is 0 Å². The van der Waals surface area contributed by atoms with Gasteiger partial charge in [0.1, 0.15) is 0 Å². The zero-order valence-corrected chi connectivity index (χ0v) is 7.56. The SMILES string of the molecule is CSSC1CCCCC1. The predicted molar refractivity (Wildman–Crippen MR) is 48.0 cm³/mol. The molecule has 0 saturated heterocycles. The Balaban J connectivity index is 2.08. The van der Waals surface area contributed by atoms with E-state index in [1.54, 1.807) is 0 Å². The van der Waals surface area contributed by atoms with Gasteiger partial charge in [0.2, 0.25) is 0 Å². The molecule has 1 aliphatic carbocycles.